The van der Waals surface area contributed by atoms with Crippen molar-refractivity contribution in [2.75, 3.05) is 37.6 Å². The van der Waals surface area contributed by atoms with Crippen LogP contribution in [0.25, 0.3) is 0 Å². The van der Waals surface area contributed by atoms with Crippen LogP contribution in [0.3, 0.4) is 0 Å². The van der Waals surface area contributed by atoms with Gasteiger partial charge in [0.1, 0.15) is 0 Å². The fraction of sp³-hybridized carbons (Fsp3) is 0.588. The van der Waals surface area contributed by atoms with Crippen LogP contribution in [0.1, 0.15) is 49.7 Å². The molecule has 6 nitrogen and oxygen atoms in total. The molecular formula is C17H27N5O. The molecule has 0 amide bonds. The second-order valence-electron chi connectivity index (χ2n) is 6.30. The number of likely N-dealkylation sites (N-methyl/N-ethyl adjacent to an activating group) is 1. The standard InChI is InChI=1S/C17H27N5O/c1-5-21-6-8-22(9-7-21)17-19-11-14(15(23)10-13(4)18)16(20-17)12(2)3/h10-12H,5-9,18H2,1-4H3. The molecule has 1 aromatic heterocycles. The van der Waals surface area contributed by atoms with Crippen molar-refractivity contribution in [2.24, 2.45) is 5.73 Å². The molecule has 1 fully saturated rings. The zero-order valence-corrected chi connectivity index (χ0v) is 14.5. The highest BCUT2D eigenvalue weighted by molar-refractivity contribution is 6.05. The smallest absolute Gasteiger partial charge is 0.225 e. The van der Waals surface area contributed by atoms with E-state index in [1.807, 2.05) is 13.8 Å². The maximum Gasteiger partial charge on any atom is 0.225 e. The first-order valence-corrected chi connectivity index (χ1v) is 8.24. The minimum Gasteiger partial charge on any atom is -0.402 e. The number of anilines is 1. The number of piperazine rings is 1. The molecule has 0 unspecified atom stereocenters. The fourth-order valence-electron chi connectivity index (χ4n) is 2.72. The van der Waals surface area contributed by atoms with E-state index in [9.17, 15) is 4.79 Å². The molecule has 126 valence electrons. The molecule has 0 bridgehead atoms. The van der Waals surface area contributed by atoms with Crippen molar-refractivity contribution in [2.45, 2.75) is 33.6 Å². The second-order valence-corrected chi connectivity index (χ2v) is 6.30. The highest BCUT2D eigenvalue weighted by Crippen LogP contribution is 2.21. The van der Waals surface area contributed by atoms with Crippen molar-refractivity contribution in [3.63, 3.8) is 0 Å². The van der Waals surface area contributed by atoms with Gasteiger partial charge in [-0.2, -0.15) is 0 Å². The molecule has 0 atom stereocenters. The first kappa shape index (κ1) is 17.4. The number of aromatic nitrogens is 2. The molecule has 1 aliphatic rings. The van der Waals surface area contributed by atoms with E-state index < -0.39 is 0 Å². The summed E-state index contributed by atoms with van der Waals surface area (Å²) in [6, 6.07) is 0. The Hall–Kier alpha value is -1.95. The van der Waals surface area contributed by atoms with Crippen LogP contribution >= 0.6 is 0 Å². The van der Waals surface area contributed by atoms with Gasteiger partial charge < -0.3 is 15.5 Å². The molecule has 1 saturated heterocycles. The van der Waals surface area contributed by atoms with Crippen LogP contribution in [0.5, 0.6) is 0 Å². The molecule has 2 rings (SSSR count). The summed E-state index contributed by atoms with van der Waals surface area (Å²) in [5, 5.41) is 0. The Morgan fingerprint density at radius 3 is 2.52 bits per heavy atom. The zero-order valence-electron chi connectivity index (χ0n) is 14.5. The summed E-state index contributed by atoms with van der Waals surface area (Å²) in [6.45, 7) is 12.9. The SMILES string of the molecule is CCN1CCN(c2ncc(C(=O)C=C(C)N)c(C(C)C)n2)CC1. The number of hydrogen-bond acceptors (Lipinski definition) is 6. The Balaban J connectivity index is 2.26. The summed E-state index contributed by atoms with van der Waals surface area (Å²) in [5.74, 6) is 0.740. The van der Waals surface area contributed by atoms with Crippen molar-refractivity contribution < 1.29 is 4.79 Å². The van der Waals surface area contributed by atoms with Gasteiger partial charge in [0.05, 0.1) is 11.3 Å². The number of allylic oxidation sites excluding steroid dienone is 2. The number of carbonyl (C=O) groups excluding carboxylic acids is 1. The van der Waals surface area contributed by atoms with Gasteiger partial charge in [-0.15, -0.1) is 0 Å². The average Bonchev–Trinajstić information content (AvgIpc) is 2.53. The molecule has 0 spiro atoms. The summed E-state index contributed by atoms with van der Waals surface area (Å²) in [4.78, 5) is 26.0. The largest absolute Gasteiger partial charge is 0.402 e. The molecule has 2 heterocycles. The average molecular weight is 317 g/mol. The predicted molar refractivity (Wildman–Crippen MR) is 92.7 cm³/mol. The molecule has 0 aromatic carbocycles. The van der Waals surface area contributed by atoms with Crippen LogP contribution in [0.4, 0.5) is 5.95 Å². The highest BCUT2D eigenvalue weighted by atomic mass is 16.1. The predicted octanol–water partition coefficient (Wildman–Crippen LogP) is 1.79. The number of ketones is 1. The van der Waals surface area contributed by atoms with Crippen LogP contribution in [-0.2, 0) is 0 Å². The molecule has 0 saturated carbocycles. The van der Waals surface area contributed by atoms with E-state index in [4.69, 9.17) is 5.73 Å². The monoisotopic (exact) mass is 317 g/mol. The van der Waals surface area contributed by atoms with Crippen LogP contribution in [-0.4, -0.2) is 53.4 Å². The molecule has 6 heteroatoms. The Labute approximate surface area is 138 Å². The van der Waals surface area contributed by atoms with Crippen molar-refractivity contribution in [3.8, 4) is 0 Å². The Morgan fingerprint density at radius 1 is 1.35 bits per heavy atom. The van der Waals surface area contributed by atoms with E-state index >= 15 is 0 Å². The van der Waals surface area contributed by atoms with Gasteiger partial charge in [0, 0.05) is 44.1 Å². The van der Waals surface area contributed by atoms with Crippen LogP contribution in [0, 0.1) is 0 Å². The minimum absolute atomic E-state index is 0.129. The molecule has 0 aliphatic carbocycles. The van der Waals surface area contributed by atoms with E-state index in [0.717, 1.165) is 44.4 Å². The first-order valence-electron chi connectivity index (χ1n) is 8.24. The molecule has 2 N–H and O–H groups in total. The lowest BCUT2D eigenvalue weighted by Crippen LogP contribution is -2.46. The fourth-order valence-corrected chi connectivity index (χ4v) is 2.72. The van der Waals surface area contributed by atoms with E-state index in [-0.39, 0.29) is 11.7 Å². The number of rotatable bonds is 5. The third-order valence-electron chi connectivity index (χ3n) is 4.08. The number of nitrogens with two attached hydrogens (primary N) is 1. The molecule has 1 aromatic rings. The number of nitrogens with zero attached hydrogens (tertiary/aromatic N) is 4. The number of carbonyl (C=O) groups is 1. The first-order chi connectivity index (χ1) is 10.9. The summed E-state index contributed by atoms with van der Waals surface area (Å²) in [6.07, 6.45) is 3.08. The quantitative estimate of drug-likeness (QED) is 0.659. The third-order valence-corrected chi connectivity index (χ3v) is 4.08. The summed E-state index contributed by atoms with van der Waals surface area (Å²) in [5.41, 5.74) is 7.44. The maximum atomic E-state index is 12.3. The number of hydrogen-bond donors (Lipinski definition) is 1. The zero-order chi connectivity index (χ0) is 17.0. The molecule has 0 radical (unpaired) electrons. The summed E-state index contributed by atoms with van der Waals surface area (Å²) in [7, 11) is 0. The van der Waals surface area contributed by atoms with Gasteiger partial charge in [-0.1, -0.05) is 20.8 Å². The van der Waals surface area contributed by atoms with E-state index in [0.29, 0.717) is 11.3 Å². The Morgan fingerprint density at radius 2 is 2.00 bits per heavy atom. The molecular weight excluding hydrogens is 290 g/mol. The van der Waals surface area contributed by atoms with Crippen LogP contribution in [0.2, 0.25) is 0 Å². The minimum atomic E-state index is -0.129. The third kappa shape index (κ3) is 4.28. The van der Waals surface area contributed by atoms with Crippen molar-refractivity contribution in [1.29, 1.82) is 0 Å². The van der Waals surface area contributed by atoms with Gasteiger partial charge >= 0.3 is 0 Å². The lowest BCUT2D eigenvalue weighted by atomic mass is 10.0. The normalized spacial score (nSPS) is 16.9. The lowest BCUT2D eigenvalue weighted by Gasteiger charge is -2.34. The maximum absolute atomic E-state index is 12.3. The van der Waals surface area contributed by atoms with Crippen LogP contribution < -0.4 is 10.6 Å². The summed E-state index contributed by atoms with van der Waals surface area (Å²) >= 11 is 0. The lowest BCUT2D eigenvalue weighted by molar-refractivity contribution is 0.104. The Kier molecular flexibility index (Phi) is 5.71. The van der Waals surface area contributed by atoms with Gasteiger partial charge in [0.15, 0.2) is 5.78 Å². The molecule has 23 heavy (non-hydrogen) atoms. The van der Waals surface area contributed by atoms with E-state index in [2.05, 4.69) is 26.7 Å². The van der Waals surface area contributed by atoms with E-state index in [1.165, 1.54) is 6.08 Å². The second kappa shape index (κ2) is 7.55. The Bertz CT molecular complexity index is 585. The topological polar surface area (TPSA) is 75.3 Å². The van der Waals surface area contributed by atoms with Gasteiger partial charge in [-0.05, 0) is 19.4 Å². The van der Waals surface area contributed by atoms with Gasteiger partial charge in [-0.3, -0.25) is 4.79 Å². The summed E-state index contributed by atoms with van der Waals surface area (Å²) < 4.78 is 0. The van der Waals surface area contributed by atoms with Gasteiger partial charge in [-0.25, -0.2) is 9.97 Å². The van der Waals surface area contributed by atoms with E-state index in [1.54, 1.807) is 13.1 Å². The molecule has 1 aliphatic heterocycles. The van der Waals surface area contributed by atoms with Crippen molar-refractivity contribution >= 4 is 11.7 Å². The van der Waals surface area contributed by atoms with Crippen molar-refractivity contribution in [3.05, 3.63) is 29.2 Å². The highest BCUT2D eigenvalue weighted by Gasteiger charge is 2.21. The van der Waals surface area contributed by atoms with Gasteiger partial charge in [0.25, 0.3) is 0 Å². The van der Waals surface area contributed by atoms with Crippen molar-refractivity contribution in [1.82, 2.24) is 14.9 Å². The van der Waals surface area contributed by atoms with Gasteiger partial charge in [0.2, 0.25) is 5.95 Å². The van der Waals surface area contributed by atoms with Crippen LogP contribution in [0.15, 0.2) is 18.0 Å².